The van der Waals surface area contributed by atoms with E-state index in [0.717, 1.165) is 12.8 Å². The van der Waals surface area contributed by atoms with Crippen molar-refractivity contribution in [2.75, 3.05) is 25.4 Å². The molecule has 0 aromatic rings. The van der Waals surface area contributed by atoms with Gasteiger partial charge in [-0.05, 0) is 39.0 Å². The van der Waals surface area contributed by atoms with Gasteiger partial charge in [-0.25, -0.2) is 8.42 Å². The van der Waals surface area contributed by atoms with Gasteiger partial charge in [-0.1, -0.05) is 6.92 Å². The van der Waals surface area contributed by atoms with Crippen LogP contribution in [-0.2, 0) is 14.8 Å². The van der Waals surface area contributed by atoms with Gasteiger partial charge in [0.05, 0.1) is 11.4 Å². The van der Waals surface area contributed by atoms with E-state index in [-0.39, 0.29) is 11.7 Å². The summed E-state index contributed by atoms with van der Waals surface area (Å²) in [5.74, 6) is -0.0544. The first kappa shape index (κ1) is 16.7. The van der Waals surface area contributed by atoms with Crippen LogP contribution < -0.4 is 0 Å². The lowest BCUT2D eigenvalue weighted by Crippen LogP contribution is -2.54. The highest BCUT2D eigenvalue weighted by Crippen LogP contribution is 2.27. The molecule has 0 aromatic carbocycles. The number of hydrogen-bond acceptors (Lipinski definition) is 4. The molecule has 7 heteroatoms. The molecule has 2 heterocycles. The average Bonchev–Trinajstić information content (AvgIpc) is 2.86. The van der Waals surface area contributed by atoms with Crippen molar-refractivity contribution in [1.82, 2.24) is 9.21 Å². The van der Waals surface area contributed by atoms with Crippen LogP contribution in [0.1, 0.15) is 46.0 Å². The SMILES string of the molecule is CCCS(=O)(=O)N1CCCC1C(=O)N1CCCC(C)(O)C1. The molecule has 0 saturated carbocycles. The van der Waals surface area contributed by atoms with E-state index in [1.165, 1.54) is 4.31 Å². The lowest BCUT2D eigenvalue weighted by molar-refractivity contribution is -0.140. The minimum absolute atomic E-state index is 0.0918. The Kier molecular flexibility index (Phi) is 4.95. The van der Waals surface area contributed by atoms with Crippen molar-refractivity contribution in [3.8, 4) is 0 Å². The zero-order valence-corrected chi connectivity index (χ0v) is 13.7. The van der Waals surface area contributed by atoms with Crippen molar-refractivity contribution in [2.24, 2.45) is 0 Å². The highest BCUT2D eigenvalue weighted by molar-refractivity contribution is 7.89. The van der Waals surface area contributed by atoms with Crippen LogP contribution >= 0.6 is 0 Å². The van der Waals surface area contributed by atoms with Crippen LogP contribution in [0, 0.1) is 0 Å². The van der Waals surface area contributed by atoms with Gasteiger partial charge in [0.1, 0.15) is 6.04 Å². The van der Waals surface area contributed by atoms with Gasteiger partial charge in [0.25, 0.3) is 0 Å². The van der Waals surface area contributed by atoms with Crippen LogP contribution in [0.15, 0.2) is 0 Å². The maximum Gasteiger partial charge on any atom is 0.241 e. The molecule has 1 amide bonds. The molecule has 2 unspecified atom stereocenters. The quantitative estimate of drug-likeness (QED) is 0.822. The molecule has 2 fully saturated rings. The van der Waals surface area contributed by atoms with Crippen molar-refractivity contribution in [2.45, 2.75) is 57.6 Å². The molecule has 0 spiro atoms. The van der Waals surface area contributed by atoms with E-state index in [4.69, 9.17) is 0 Å². The van der Waals surface area contributed by atoms with Crippen LogP contribution in [0.25, 0.3) is 0 Å². The third-order valence-electron chi connectivity index (χ3n) is 4.29. The fourth-order valence-corrected chi connectivity index (χ4v) is 5.06. The Hall–Kier alpha value is -0.660. The van der Waals surface area contributed by atoms with Gasteiger partial charge in [0.2, 0.25) is 15.9 Å². The smallest absolute Gasteiger partial charge is 0.241 e. The van der Waals surface area contributed by atoms with E-state index >= 15 is 0 Å². The van der Waals surface area contributed by atoms with Crippen molar-refractivity contribution >= 4 is 15.9 Å². The van der Waals surface area contributed by atoms with Gasteiger partial charge in [-0.15, -0.1) is 0 Å². The molecule has 0 aromatic heterocycles. The first-order valence-corrected chi connectivity index (χ1v) is 9.38. The number of aliphatic hydroxyl groups is 1. The molecule has 0 radical (unpaired) electrons. The Morgan fingerprint density at radius 1 is 1.33 bits per heavy atom. The van der Waals surface area contributed by atoms with E-state index in [0.29, 0.717) is 38.9 Å². The first-order valence-electron chi connectivity index (χ1n) is 7.77. The molecule has 0 bridgehead atoms. The molecule has 122 valence electrons. The highest BCUT2D eigenvalue weighted by Gasteiger charge is 2.42. The fourth-order valence-electron chi connectivity index (χ4n) is 3.31. The Balaban J connectivity index is 2.11. The van der Waals surface area contributed by atoms with Crippen molar-refractivity contribution in [3.63, 3.8) is 0 Å². The largest absolute Gasteiger partial charge is 0.388 e. The number of nitrogens with zero attached hydrogens (tertiary/aromatic N) is 2. The summed E-state index contributed by atoms with van der Waals surface area (Å²) in [7, 11) is -3.35. The van der Waals surface area contributed by atoms with E-state index < -0.39 is 21.7 Å². The predicted octanol–water partition coefficient (Wildman–Crippen LogP) is 0.564. The Morgan fingerprint density at radius 2 is 2.05 bits per heavy atom. The van der Waals surface area contributed by atoms with Gasteiger partial charge in [-0.2, -0.15) is 4.31 Å². The van der Waals surface area contributed by atoms with Gasteiger partial charge >= 0.3 is 0 Å². The summed E-state index contributed by atoms with van der Waals surface area (Å²) in [5, 5.41) is 10.1. The van der Waals surface area contributed by atoms with Gasteiger partial charge < -0.3 is 10.0 Å². The zero-order chi connectivity index (χ0) is 15.7. The van der Waals surface area contributed by atoms with Gasteiger partial charge in [-0.3, -0.25) is 4.79 Å². The van der Waals surface area contributed by atoms with Crippen molar-refractivity contribution in [3.05, 3.63) is 0 Å². The summed E-state index contributed by atoms with van der Waals surface area (Å²) in [6.07, 6.45) is 3.30. The summed E-state index contributed by atoms with van der Waals surface area (Å²) in [6, 6.07) is -0.574. The summed E-state index contributed by atoms with van der Waals surface area (Å²) >= 11 is 0. The minimum Gasteiger partial charge on any atom is -0.388 e. The molecule has 21 heavy (non-hydrogen) atoms. The number of likely N-dealkylation sites (tertiary alicyclic amines) is 1. The third-order valence-corrected chi connectivity index (χ3v) is 6.37. The molecule has 2 saturated heterocycles. The zero-order valence-electron chi connectivity index (χ0n) is 12.9. The Labute approximate surface area is 127 Å². The highest BCUT2D eigenvalue weighted by atomic mass is 32.2. The number of carbonyl (C=O) groups is 1. The maximum absolute atomic E-state index is 12.7. The summed E-state index contributed by atoms with van der Waals surface area (Å²) < 4.78 is 25.9. The molecular formula is C14H26N2O4S. The average molecular weight is 318 g/mol. The second-order valence-electron chi connectivity index (χ2n) is 6.45. The van der Waals surface area contributed by atoms with E-state index in [9.17, 15) is 18.3 Å². The standard InChI is InChI=1S/C14H26N2O4S/c1-3-10-21(19,20)16-9-4-6-12(16)13(17)15-8-5-7-14(2,18)11-15/h12,18H,3-11H2,1-2H3. The van der Waals surface area contributed by atoms with Crippen LogP contribution in [-0.4, -0.2) is 65.7 Å². The molecule has 6 nitrogen and oxygen atoms in total. The summed E-state index contributed by atoms with van der Waals surface area (Å²) in [4.78, 5) is 14.3. The Morgan fingerprint density at radius 3 is 2.67 bits per heavy atom. The van der Waals surface area contributed by atoms with Crippen molar-refractivity contribution < 1.29 is 18.3 Å². The van der Waals surface area contributed by atoms with Gasteiger partial charge in [0, 0.05) is 19.6 Å². The second kappa shape index (κ2) is 6.22. The molecule has 2 atom stereocenters. The third kappa shape index (κ3) is 3.76. The number of sulfonamides is 1. The normalized spacial score (nSPS) is 31.6. The molecule has 0 aliphatic carbocycles. The van der Waals surface area contributed by atoms with Crippen LogP contribution in [0.2, 0.25) is 0 Å². The number of β-amino-alcohol motifs (C(OH)–C–C–N with tert-alkyl or cyclic N) is 1. The fraction of sp³-hybridized carbons (Fsp3) is 0.929. The number of piperidine rings is 1. The molecule has 1 N–H and O–H groups in total. The maximum atomic E-state index is 12.7. The molecule has 2 aliphatic rings. The van der Waals surface area contributed by atoms with Crippen molar-refractivity contribution in [1.29, 1.82) is 0 Å². The number of carbonyl (C=O) groups excluding carboxylic acids is 1. The van der Waals surface area contributed by atoms with E-state index in [1.807, 2.05) is 6.92 Å². The minimum atomic E-state index is -3.35. The molecule has 2 aliphatic heterocycles. The first-order chi connectivity index (χ1) is 9.77. The number of amides is 1. The number of hydrogen-bond donors (Lipinski definition) is 1. The topological polar surface area (TPSA) is 77.9 Å². The molecular weight excluding hydrogens is 292 g/mol. The van der Waals surface area contributed by atoms with Crippen LogP contribution in [0.5, 0.6) is 0 Å². The second-order valence-corrected chi connectivity index (χ2v) is 8.49. The monoisotopic (exact) mass is 318 g/mol. The summed E-state index contributed by atoms with van der Waals surface area (Å²) in [5.41, 5.74) is -0.861. The van der Waals surface area contributed by atoms with Crippen LogP contribution in [0.4, 0.5) is 0 Å². The lowest BCUT2D eigenvalue weighted by atomic mass is 9.94. The van der Waals surface area contributed by atoms with Gasteiger partial charge in [0.15, 0.2) is 0 Å². The molecule has 2 rings (SSSR count). The van der Waals surface area contributed by atoms with E-state index in [1.54, 1.807) is 11.8 Å². The Bertz CT molecular complexity index is 489. The number of rotatable bonds is 4. The van der Waals surface area contributed by atoms with Crippen LogP contribution in [0.3, 0.4) is 0 Å². The summed E-state index contributed by atoms with van der Waals surface area (Å²) in [6.45, 7) is 4.89. The van der Waals surface area contributed by atoms with E-state index in [2.05, 4.69) is 0 Å². The lowest BCUT2D eigenvalue weighted by Gasteiger charge is -2.39. The predicted molar refractivity (Wildman–Crippen MR) is 80.2 cm³/mol.